The largest absolute Gasteiger partial charge is 0.481 e. The van der Waals surface area contributed by atoms with Gasteiger partial charge in [0.15, 0.2) is 11.9 Å². The molecule has 0 fully saturated rings. The fourth-order valence-corrected chi connectivity index (χ4v) is 1.82. The van der Waals surface area contributed by atoms with Gasteiger partial charge in [-0.1, -0.05) is 16.8 Å². The van der Waals surface area contributed by atoms with Crippen molar-refractivity contribution in [2.75, 3.05) is 7.11 Å². The average Bonchev–Trinajstić information content (AvgIpc) is 2.87. The lowest BCUT2D eigenvalue weighted by atomic mass is 10.3. The molecule has 0 amide bonds. The standard InChI is InChI=1S/C12H12ClN3O5/c1-7(12-14-11(6-19-2)15-21-12)20-8-3-4-10(16(17)18)9(13)5-8/h3-5,7H,6H2,1-2H3/t7-/m0/s1. The molecule has 0 spiro atoms. The van der Waals surface area contributed by atoms with Gasteiger partial charge in [0.2, 0.25) is 0 Å². The predicted molar refractivity (Wildman–Crippen MR) is 72.2 cm³/mol. The van der Waals surface area contributed by atoms with Crippen molar-refractivity contribution in [2.45, 2.75) is 19.6 Å². The summed E-state index contributed by atoms with van der Waals surface area (Å²) in [6.07, 6.45) is -0.527. The van der Waals surface area contributed by atoms with Gasteiger partial charge in [-0.25, -0.2) is 0 Å². The minimum Gasteiger partial charge on any atom is -0.481 e. The van der Waals surface area contributed by atoms with Crippen LogP contribution in [0.3, 0.4) is 0 Å². The molecule has 2 rings (SSSR count). The van der Waals surface area contributed by atoms with Gasteiger partial charge in [-0.2, -0.15) is 4.98 Å². The monoisotopic (exact) mass is 313 g/mol. The third kappa shape index (κ3) is 3.67. The number of nitrogens with zero attached hydrogens (tertiary/aromatic N) is 3. The van der Waals surface area contributed by atoms with E-state index in [2.05, 4.69) is 10.1 Å². The van der Waals surface area contributed by atoms with Crippen LogP contribution in [0, 0.1) is 10.1 Å². The third-order valence-corrected chi connectivity index (χ3v) is 2.84. The first-order valence-electron chi connectivity index (χ1n) is 5.93. The van der Waals surface area contributed by atoms with Crippen LogP contribution in [-0.2, 0) is 11.3 Å². The molecule has 0 saturated carbocycles. The van der Waals surface area contributed by atoms with E-state index in [0.717, 1.165) is 0 Å². The van der Waals surface area contributed by atoms with Gasteiger partial charge in [-0.3, -0.25) is 10.1 Å². The molecule has 0 aliphatic rings. The van der Waals surface area contributed by atoms with Gasteiger partial charge in [0.25, 0.3) is 11.6 Å². The van der Waals surface area contributed by atoms with E-state index < -0.39 is 11.0 Å². The van der Waals surface area contributed by atoms with E-state index in [1.54, 1.807) is 6.92 Å². The van der Waals surface area contributed by atoms with Gasteiger partial charge in [-0.05, 0) is 13.0 Å². The molecule has 0 saturated heterocycles. The second-order valence-electron chi connectivity index (χ2n) is 4.11. The lowest BCUT2D eigenvalue weighted by molar-refractivity contribution is -0.384. The van der Waals surface area contributed by atoms with Crippen molar-refractivity contribution in [3.8, 4) is 5.75 Å². The summed E-state index contributed by atoms with van der Waals surface area (Å²) < 4.78 is 15.5. The zero-order valence-corrected chi connectivity index (χ0v) is 12.0. The normalized spacial score (nSPS) is 12.1. The molecule has 0 bridgehead atoms. The Morgan fingerprint density at radius 3 is 2.90 bits per heavy atom. The molecule has 0 unspecified atom stereocenters. The minimum absolute atomic E-state index is 0.00435. The van der Waals surface area contributed by atoms with Crippen molar-refractivity contribution in [2.24, 2.45) is 0 Å². The highest BCUT2D eigenvalue weighted by Crippen LogP contribution is 2.30. The molecule has 1 heterocycles. The Labute approximate surface area is 124 Å². The van der Waals surface area contributed by atoms with Crippen molar-refractivity contribution in [1.82, 2.24) is 10.1 Å². The van der Waals surface area contributed by atoms with Gasteiger partial charge in [0, 0.05) is 19.2 Å². The molecule has 0 aliphatic heterocycles. The Kier molecular flexibility index (Phi) is 4.71. The van der Waals surface area contributed by atoms with Crippen molar-refractivity contribution in [3.63, 3.8) is 0 Å². The van der Waals surface area contributed by atoms with Crippen LogP contribution in [0.25, 0.3) is 0 Å². The van der Waals surface area contributed by atoms with Crippen molar-refractivity contribution < 1.29 is 18.9 Å². The Morgan fingerprint density at radius 2 is 2.29 bits per heavy atom. The zero-order valence-electron chi connectivity index (χ0n) is 11.3. The molecule has 2 aromatic rings. The van der Waals surface area contributed by atoms with Crippen LogP contribution in [0.2, 0.25) is 5.02 Å². The highest BCUT2D eigenvalue weighted by molar-refractivity contribution is 6.32. The first-order valence-corrected chi connectivity index (χ1v) is 6.31. The third-order valence-electron chi connectivity index (χ3n) is 2.53. The smallest absolute Gasteiger partial charge is 0.288 e. The van der Waals surface area contributed by atoms with E-state index in [0.29, 0.717) is 11.6 Å². The number of methoxy groups -OCH3 is 1. The number of ether oxygens (including phenoxy) is 2. The molecule has 1 aromatic carbocycles. The van der Waals surface area contributed by atoms with E-state index in [9.17, 15) is 10.1 Å². The van der Waals surface area contributed by atoms with Crippen LogP contribution in [0.5, 0.6) is 5.75 Å². The number of hydrogen-bond donors (Lipinski definition) is 0. The molecule has 9 heteroatoms. The lowest BCUT2D eigenvalue weighted by Gasteiger charge is -2.10. The summed E-state index contributed by atoms with van der Waals surface area (Å²) in [7, 11) is 1.52. The van der Waals surface area contributed by atoms with Crippen molar-refractivity contribution in [3.05, 3.63) is 45.1 Å². The van der Waals surface area contributed by atoms with Gasteiger partial charge in [-0.15, -0.1) is 0 Å². The van der Waals surface area contributed by atoms with E-state index in [1.165, 1.54) is 25.3 Å². The van der Waals surface area contributed by atoms with Gasteiger partial charge in [0.1, 0.15) is 17.4 Å². The Balaban J connectivity index is 2.09. The average molecular weight is 314 g/mol. The van der Waals surface area contributed by atoms with Gasteiger partial charge in [0.05, 0.1) is 4.92 Å². The predicted octanol–water partition coefficient (Wildman–Crippen LogP) is 2.92. The zero-order chi connectivity index (χ0) is 15.4. The minimum atomic E-state index is -0.565. The number of halogens is 1. The maximum atomic E-state index is 10.7. The molecule has 0 radical (unpaired) electrons. The summed E-state index contributed by atoms with van der Waals surface area (Å²) in [6.45, 7) is 1.94. The summed E-state index contributed by atoms with van der Waals surface area (Å²) in [5.41, 5.74) is -0.183. The van der Waals surface area contributed by atoms with Gasteiger partial charge < -0.3 is 14.0 Å². The van der Waals surface area contributed by atoms with Gasteiger partial charge >= 0.3 is 0 Å². The molecule has 112 valence electrons. The molecule has 1 atom stereocenters. The number of aromatic nitrogens is 2. The number of nitro benzene ring substituents is 1. The van der Waals surface area contributed by atoms with E-state index in [1.807, 2.05) is 0 Å². The molecule has 0 N–H and O–H groups in total. The summed E-state index contributed by atoms with van der Waals surface area (Å²) in [5.74, 6) is 1.05. The second kappa shape index (κ2) is 6.51. The maximum absolute atomic E-state index is 10.7. The van der Waals surface area contributed by atoms with E-state index in [-0.39, 0.29) is 23.2 Å². The fraction of sp³-hybridized carbons (Fsp3) is 0.333. The van der Waals surface area contributed by atoms with Crippen molar-refractivity contribution >= 4 is 17.3 Å². The van der Waals surface area contributed by atoms with Crippen LogP contribution >= 0.6 is 11.6 Å². The van der Waals surface area contributed by atoms with E-state index >= 15 is 0 Å². The Bertz CT molecular complexity index is 646. The molecule has 21 heavy (non-hydrogen) atoms. The summed E-state index contributed by atoms with van der Waals surface area (Å²) >= 11 is 5.81. The number of benzene rings is 1. The maximum Gasteiger partial charge on any atom is 0.288 e. The van der Waals surface area contributed by atoms with Crippen LogP contribution in [-0.4, -0.2) is 22.2 Å². The van der Waals surface area contributed by atoms with Crippen LogP contribution < -0.4 is 4.74 Å². The molecule has 8 nitrogen and oxygen atoms in total. The number of rotatable bonds is 6. The van der Waals surface area contributed by atoms with Crippen LogP contribution in [0.4, 0.5) is 5.69 Å². The first-order chi connectivity index (χ1) is 10.0. The summed E-state index contributed by atoms with van der Waals surface area (Å²) in [6, 6.07) is 4.09. The highest BCUT2D eigenvalue weighted by Gasteiger charge is 2.18. The number of nitro groups is 1. The van der Waals surface area contributed by atoms with Crippen molar-refractivity contribution in [1.29, 1.82) is 0 Å². The second-order valence-corrected chi connectivity index (χ2v) is 4.52. The quantitative estimate of drug-likeness (QED) is 0.597. The Hall–Kier alpha value is -2.19. The molecular formula is C12H12ClN3O5. The van der Waals surface area contributed by atoms with Crippen LogP contribution in [0.1, 0.15) is 24.7 Å². The fourth-order valence-electron chi connectivity index (χ4n) is 1.58. The first kappa shape index (κ1) is 15.2. The summed E-state index contributed by atoms with van der Waals surface area (Å²) in [5, 5.41) is 14.4. The van der Waals surface area contributed by atoms with Crippen LogP contribution in [0.15, 0.2) is 22.7 Å². The number of hydrogen-bond acceptors (Lipinski definition) is 7. The molecule has 1 aromatic heterocycles. The Morgan fingerprint density at radius 1 is 1.52 bits per heavy atom. The molecule has 0 aliphatic carbocycles. The topological polar surface area (TPSA) is 101 Å². The highest BCUT2D eigenvalue weighted by atomic mass is 35.5. The van der Waals surface area contributed by atoms with E-state index in [4.69, 9.17) is 25.6 Å². The molecular weight excluding hydrogens is 302 g/mol. The SMILES string of the molecule is COCc1noc([C@H](C)Oc2ccc([N+](=O)[O-])c(Cl)c2)n1. The lowest BCUT2D eigenvalue weighted by Crippen LogP contribution is -2.04. The summed E-state index contributed by atoms with van der Waals surface area (Å²) in [4.78, 5) is 14.2.